The Hall–Kier alpha value is -5.52. The van der Waals surface area contributed by atoms with Crippen molar-refractivity contribution in [3.63, 3.8) is 0 Å². The molecule has 0 amide bonds. The number of aryl methyl sites for hydroxylation is 4. The van der Waals surface area contributed by atoms with Crippen molar-refractivity contribution in [3.05, 3.63) is 73.3 Å². The normalized spacial score (nSPS) is 11.8. The largest absolute Gasteiger partial charge is 2.00 e. The van der Waals surface area contributed by atoms with Gasteiger partial charge in [-0.2, -0.15) is 9.13 Å². The molecule has 0 aromatic carbocycles. The van der Waals surface area contributed by atoms with Crippen molar-refractivity contribution in [2.75, 3.05) is 0 Å². The summed E-state index contributed by atoms with van der Waals surface area (Å²) in [5.74, 6) is 2.08. The molecule has 7 aromatic heterocycles. The standard InChI is InChI=1S/C32H24N12.Mn/c1-41-13-5-9-17-21(41)29-33-25(17)38-30-23-19(11-7-15-43(23)3)27(35-30)40-32-24-20(12-8-16-44(24)4)28(36-32)39-31-22-18(26(34-31)37-29)10-6-14-42(22)2;/h5-16H,1-4H3;/q2*+2. The third-order valence-corrected chi connectivity index (χ3v) is 8.23. The second-order valence-corrected chi connectivity index (χ2v) is 11.0. The van der Waals surface area contributed by atoms with Crippen LogP contribution in [0.2, 0.25) is 0 Å². The van der Waals surface area contributed by atoms with Crippen LogP contribution in [0.1, 0.15) is 0 Å². The van der Waals surface area contributed by atoms with Crippen LogP contribution in [-0.2, 0) is 45.3 Å². The van der Waals surface area contributed by atoms with Gasteiger partial charge in [-0.3, -0.25) is 0 Å². The van der Waals surface area contributed by atoms with E-state index in [2.05, 4.69) is 0 Å². The summed E-state index contributed by atoms with van der Waals surface area (Å²) in [5.41, 5.74) is 7.17. The fraction of sp³-hybridized carbons (Fsp3) is 0.125. The Bertz CT molecular complexity index is 2390. The van der Waals surface area contributed by atoms with Gasteiger partial charge in [-0.1, -0.05) is 0 Å². The first-order chi connectivity index (χ1) is 21.4. The summed E-state index contributed by atoms with van der Waals surface area (Å²) >= 11 is 0. The zero-order chi connectivity index (χ0) is 29.7. The molecule has 2 aliphatic rings. The first kappa shape index (κ1) is 27.1. The molecule has 9 heterocycles. The number of pyridine rings is 4. The van der Waals surface area contributed by atoms with Gasteiger partial charge < -0.3 is 29.9 Å². The second kappa shape index (κ2) is 9.74. The molecule has 0 aliphatic carbocycles. The summed E-state index contributed by atoms with van der Waals surface area (Å²) in [6, 6.07) is 15.9. The Morgan fingerprint density at radius 1 is 0.444 bits per heavy atom. The summed E-state index contributed by atoms with van der Waals surface area (Å²) in [6.45, 7) is 0. The minimum atomic E-state index is 0. The molecule has 0 N–H and O–H groups in total. The Labute approximate surface area is 266 Å². The average molecular weight is 632 g/mol. The molecule has 8 bridgehead atoms. The maximum Gasteiger partial charge on any atom is 2.00 e. The van der Waals surface area contributed by atoms with Crippen LogP contribution in [0.4, 0.5) is 0 Å². The van der Waals surface area contributed by atoms with Gasteiger partial charge in [0.15, 0.2) is 36.4 Å². The van der Waals surface area contributed by atoms with E-state index in [9.17, 15) is 0 Å². The Morgan fingerprint density at radius 2 is 0.822 bits per heavy atom. The molecule has 45 heavy (non-hydrogen) atoms. The Kier molecular flexibility index (Phi) is 5.86. The fourth-order valence-electron chi connectivity index (χ4n) is 6.19. The summed E-state index contributed by atoms with van der Waals surface area (Å²) in [4.78, 5) is 40.0. The molecule has 12 nitrogen and oxygen atoms in total. The van der Waals surface area contributed by atoms with Crippen molar-refractivity contribution in [2.24, 2.45) is 28.2 Å². The average Bonchev–Trinajstić information content (AvgIpc) is 3.74. The predicted octanol–water partition coefficient (Wildman–Crippen LogP) is 1.42. The summed E-state index contributed by atoms with van der Waals surface area (Å²) < 4.78 is 8.01. The van der Waals surface area contributed by atoms with Crippen LogP contribution >= 0.6 is 0 Å². The number of aromatic nitrogens is 12. The van der Waals surface area contributed by atoms with Gasteiger partial charge in [-0.15, -0.1) is 0 Å². The van der Waals surface area contributed by atoms with Gasteiger partial charge in [0, 0.05) is 35.6 Å². The molecule has 13 heteroatoms. The van der Waals surface area contributed by atoms with Crippen molar-refractivity contribution in [1.29, 1.82) is 0 Å². The Balaban J connectivity index is 0.00000300. The van der Waals surface area contributed by atoms with Crippen LogP contribution in [0.15, 0.2) is 73.3 Å². The molecule has 0 unspecified atom stereocenters. The van der Waals surface area contributed by atoms with Crippen LogP contribution in [-0.4, -0.2) is 29.9 Å². The van der Waals surface area contributed by atoms with E-state index in [1.54, 1.807) is 0 Å². The van der Waals surface area contributed by atoms with Crippen LogP contribution in [0.3, 0.4) is 0 Å². The minimum absolute atomic E-state index is 0. The molecule has 215 valence electrons. The van der Waals surface area contributed by atoms with Crippen LogP contribution < -0.4 is 28.2 Å². The van der Waals surface area contributed by atoms with Gasteiger partial charge in [-0.05, 0) is 24.3 Å². The Morgan fingerprint density at radius 3 is 1.27 bits per heavy atom. The summed E-state index contributed by atoms with van der Waals surface area (Å²) in [6.07, 6.45) is 7.90. The summed E-state index contributed by atoms with van der Waals surface area (Å²) in [5, 5.41) is 1.72. The number of hydrogen-bond acceptors (Lipinski definition) is 6. The van der Waals surface area contributed by atoms with Crippen molar-refractivity contribution in [3.8, 4) is 45.8 Å². The van der Waals surface area contributed by atoms with E-state index in [0.717, 1.165) is 44.3 Å². The third kappa shape index (κ3) is 3.91. The molecule has 2 aliphatic heterocycles. The quantitative estimate of drug-likeness (QED) is 0.182. The van der Waals surface area contributed by atoms with Gasteiger partial charge >= 0.3 is 17.1 Å². The second-order valence-electron chi connectivity index (χ2n) is 11.0. The van der Waals surface area contributed by atoms with Crippen molar-refractivity contribution >= 4 is 44.4 Å². The first-order valence-electron chi connectivity index (χ1n) is 14.1. The smallest absolute Gasteiger partial charge is 0.352 e. The van der Waals surface area contributed by atoms with E-state index in [0.29, 0.717) is 45.9 Å². The number of rotatable bonds is 0. The van der Waals surface area contributed by atoms with Gasteiger partial charge in [0.25, 0.3) is 0 Å². The van der Waals surface area contributed by atoms with E-state index in [1.807, 2.05) is 120 Å². The van der Waals surface area contributed by atoms with Crippen molar-refractivity contribution in [1.82, 2.24) is 39.9 Å². The van der Waals surface area contributed by atoms with Gasteiger partial charge in [-0.25, -0.2) is 19.1 Å². The number of nitrogens with zero attached hydrogens (tertiary/aromatic N) is 12. The molecule has 7 aromatic rings. The van der Waals surface area contributed by atoms with Crippen molar-refractivity contribution in [2.45, 2.75) is 0 Å². The van der Waals surface area contributed by atoms with Crippen LogP contribution in [0.5, 0.6) is 0 Å². The first-order valence-corrected chi connectivity index (χ1v) is 14.1. The molecule has 0 atom stereocenters. The zero-order valence-electron chi connectivity index (χ0n) is 24.7. The molecule has 0 fully saturated rings. The topological polar surface area (TPSA) is 121 Å². The maximum absolute atomic E-state index is 5.04. The van der Waals surface area contributed by atoms with Gasteiger partial charge in [0.2, 0.25) is 22.4 Å². The zero-order valence-corrected chi connectivity index (χ0v) is 25.9. The SMILES string of the molecule is C[n+]1cccc2c1-c1nc-2nc2[n-]c(nc3nc(nc4[n-]c(n1)c1ccc[n+](C)c41)-c1ccc[n+](C)c1-3)c1ccc[n+](C)c21.[Mn+2]. The van der Waals surface area contributed by atoms with E-state index in [1.165, 1.54) is 0 Å². The van der Waals surface area contributed by atoms with Crippen molar-refractivity contribution < 1.29 is 35.3 Å². The predicted molar refractivity (Wildman–Crippen MR) is 159 cm³/mol. The molecule has 9 rings (SSSR count). The van der Waals surface area contributed by atoms with E-state index in [4.69, 9.17) is 39.9 Å². The molecular weight excluding hydrogens is 607 g/mol. The summed E-state index contributed by atoms with van der Waals surface area (Å²) in [7, 11) is 7.90. The molecule has 0 saturated carbocycles. The molecule has 0 saturated heterocycles. The molecule has 0 spiro atoms. The number of hydrogen-bond donors (Lipinski definition) is 0. The van der Waals surface area contributed by atoms with Gasteiger partial charge in [0.05, 0.1) is 44.8 Å². The fourth-order valence-corrected chi connectivity index (χ4v) is 6.19. The third-order valence-electron chi connectivity index (χ3n) is 8.23. The number of fused-ring (bicyclic) bond motifs is 20. The van der Waals surface area contributed by atoms with E-state index < -0.39 is 0 Å². The van der Waals surface area contributed by atoms with E-state index >= 15 is 0 Å². The monoisotopic (exact) mass is 631 g/mol. The minimum Gasteiger partial charge on any atom is -0.352 e. The molecular formula is C32H24MnN12+4. The van der Waals surface area contributed by atoms with Gasteiger partial charge in [0.1, 0.15) is 28.2 Å². The molecule has 1 radical (unpaired) electrons. The van der Waals surface area contributed by atoms with Crippen LogP contribution in [0.25, 0.3) is 90.2 Å². The van der Waals surface area contributed by atoms with Crippen LogP contribution in [0, 0.1) is 0 Å². The maximum atomic E-state index is 5.04. The van der Waals surface area contributed by atoms with E-state index in [-0.39, 0.29) is 17.1 Å².